The second kappa shape index (κ2) is 7.01. The number of hydrazone groups is 1. The molecule has 2 aliphatic carbocycles. The van der Waals surface area contributed by atoms with Crippen molar-refractivity contribution in [1.82, 2.24) is 5.01 Å². The van der Waals surface area contributed by atoms with E-state index in [9.17, 15) is 4.79 Å². The number of allylic oxidation sites excluding steroid dienone is 1. The van der Waals surface area contributed by atoms with Crippen molar-refractivity contribution in [3.63, 3.8) is 0 Å². The van der Waals surface area contributed by atoms with E-state index in [2.05, 4.69) is 60.6 Å². The molecule has 0 unspecified atom stereocenters. The van der Waals surface area contributed by atoms with E-state index >= 15 is 0 Å². The molecule has 1 saturated heterocycles. The lowest BCUT2D eigenvalue weighted by Crippen LogP contribution is -2.53. The average Bonchev–Trinajstić information content (AvgIpc) is 3.16. The van der Waals surface area contributed by atoms with Gasteiger partial charge in [-0.3, -0.25) is 0 Å². The Morgan fingerprint density at radius 3 is 2.79 bits per heavy atom. The number of amides is 1. The van der Waals surface area contributed by atoms with Crippen molar-refractivity contribution in [3.8, 4) is 0 Å². The summed E-state index contributed by atoms with van der Waals surface area (Å²) in [7, 11) is 0. The second-order valence-electron chi connectivity index (χ2n) is 9.09. The van der Waals surface area contributed by atoms with Gasteiger partial charge in [-0.25, -0.2) is 4.79 Å². The van der Waals surface area contributed by atoms with Crippen LogP contribution in [0.5, 0.6) is 0 Å². The quantitative estimate of drug-likeness (QED) is 0.401. The monoisotopic (exact) mass is 444 g/mol. The van der Waals surface area contributed by atoms with Crippen LogP contribution in [0, 0.1) is 17.3 Å². The first-order chi connectivity index (χ1) is 13.3. The number of nitrogens with zero attached hydrogens (tertiary/aromatic N) is 2. The molecule has 0 N–H and O–H groups in total. The highest BCUT2D eigenvalue weighted by Crippen LogP contribution is 2.65. The first-order valence-corrected chi connectivity index (χ1v) is 11.0. The van der Waals surface area contributed by atoms with Gasteiger partial charge in [-0.15, -0.1) is 6.58 Å². The van der Waals surface area contributed by atoms with Gasteiger partial charge in [0, 0.05) is 16.1 Å². The summed E-state index contributed by atoms with van der Waals surface area (Å²) in [5, 5.41) is 6.64. The molecule has 150 valence electrons. The summed E-state index contributed by atoms with van der Waals surface area (Å²) in [4.78, 5) is 12.7. The third-order valence-corrected chi connectivity index (χ3v) is 8.06. The predicted octanol–water partition coefficient (Wildman–Crippen LogP) is 5.96. The Balaban J connectivity index is 1.63. The first-order valence-electron chi connectivity index (χ1n) is 10.2. The summed E-state index contributed by atoms with van der Waals surface area (Å²) in [5.74, 6) is 0.819. The predicted molar refractivity (Wildman–Crippen MR) is 115 cm³/mol. The van der Waals surface area contributed by atoms with Crippen molar-refractivity contribution in [3.05, 3.63) is 47.0 Å². The lowest BCUT2D eigenvalue weighted by atomic mass is 9.75. The molecule has 5 heteroatoms. The van der Waals surface area contributed by atoms with Crippen LogP contribution in [0.4, 0.5) is 4.79 Å². The molecule has 1 spiro atoms. The third-order valence-electron chi connectivity index (χ3n) is 7.53. The largest absolute Gasteiger partial charge is 0.442 e. The van der Waals surface area contributed by atoms with Crippen LogP contribution >= 0.6 is 15.9 Å². The minimum atomic E-state index is -0.285. The summed E-state index contributed by atoms with van der Waals surface area (Å²) in [6.07, 6.45) is 6.46. The Bertz CT molecular complexity index is 816. The zero-order valence-corrected chi connectivity index (χ0v) is 18.5. The average molecular weight is 445 g/mol. The molecule has 0 aromatic heterocycles. The highest BCUT2D eigenvalue weighted by atomic mass is 79.9. The molecule has 3 aliphatic rings. The maximum atomic E-state index is 12.7. The van der Waals surface area contributed by atoms with Crippen LogP contribution < -0.4 is 0 Å². The van der Waals surface area contributed by atoms with E-state index in [0.717, 1.165) is 42.3 Å². The number of ether oxygens (including phenoxy) is 1. The number of rotatable bonds is 6. The second-order valence-corrected chi connectivity index (χ2v) is 10.0. The zero-order chi connectivity index (χ0) is 20.1. The van der Waals surface area contributed by atoms with Crippen LogP contribution in [0.1, 0.15) is 52.0 Å². The summed E-state index contributed by atoms with van der Waals surface area (Å²) in [5.41, 5.74) is 1.98. The van der Waals surface area contributed by atoms with Crippen molar-refractivity contribution in [2.45, 2.75) is 64.5 Å². The molecule has 0 radical (unpaired) electrons. The lowest BCUT2D eigenvalue weighted by Gasteiger charge is -2.40. The zero-order valence-electron chi connectivity index (χ0n) is 17.0. The van der Waals surface area contributed by atoms with Crippen molar-refractivity contribution in [1.29, 1.82) is 0 Å². The number of fused-ring (bicyclic) bond motifs is 1. The molecule has 1 heterocycles. The standard InChI is InChI=1S/C23H29BrN2O2/c1-5-6-17(13-16-7-9-19(24)10-8-16)15(2)25-26-21(27)28-20-14-18-11-12-23(20,26)22(18,3)4/h5,7-10,17-18,20H,1,6,11-14H2,2-4H3/b25-15-/t17-,18-,20-,23-/m1/s1. The van der Waals surface area contributed by atoms with Crippen molar-refractivity contribution in [2.24, 2.45) is 22.4 Å². The number of carbonyl (C=O) groups is 1. The summed E-state index contributed by atoms with van der Waals surface area (Å²) >= 11 is 3.49. The van der Waals surface area contributed by atoms with Gasteiger partial charge in [0.05, 0.1) is 0 Å². The van der Waals surface area contributed by atoms with Crippen LogP contribution in [-0.4, -0.2) is 28.5 Å². The van der Waals surface area contributed by atoms with Gasteiger partial charge >= 0.3 is 6.09 Å². The molecule has 1 aromatic rings. The van der Waals surface area contributed by atoms with E-state index in [0.29, 0.717) is 5.92 Å². The summed E-state index contributed by atoms with van der Waals surface area (Å²) in [6, 6.07) is 8.39. The summed E-state index contributed by atoms with van der Waals surface area (Å²) < 4.78 is 6.86. The minimum absolute atomic E-state index is 0.0189. The third kappa shape index (κ3) is 2.85. The molecule has 3 fully saturated rings. The number of carbonyl (C=O) groups excluding carboxylic acids is 1. The molecule has 4 atom stereocenters. The topological polar surface area (TPSA) is 41.9 Å². The van der Waals surface area contributed by atoms with Gasteiger partial charge in [0.2, 0.25) is 0 Å². The van der Waals surface area contributed by atoms with Crippen LogP contribution in [-0.2, 0) is 11.2 Å². The lowest BCUT2D eigenvalue weighted by molar-refractivity contribution is 0.0567. The van der Waals surface area contributed by atoms with Gasteiger partial charge in [-0.2, -0.15) is 10.1 Å². The number of hydrogen-bond acceptors (Lipinski definition) is 3. The van der Waals surface area contributed by atoms with Gasteiger partial charge in [0.25, 0.3) is 0 Å². The van der Waals surface area contributed by atoms with Crippen LogP contribution in [0.15, 0.2) is 46.5 Å². The Hall–Kier alpha value is -1.62. The van der Waals surface area contributed by atoms with Crippen molar-refractivity contribution in [2.75, 3.05) is 0 Å². The van der Waals surface area contributed by atoms with E-state index in [1.807, 2.05) is 13.0 Å². The molecular formula is C23H29BrN2O2. The van der Waals surface area contributed by atoms with Gasteiger partial charge in [-0.05, 0) is 68.1 Å². The fraction of sp³-hybridized carbons (Fsp3) is 0.565. The number of halogens is 1. The van der Waals surface area contributed by atoms with Crippen molar-refractivity contribution < 1.29 is 9.53 Å². The highest BCUT2D eigenvalue weighted by Gasteiger charge is 2.73. The van der Waals surface area contributed by atoms with E-state index in [4.69, 9.17) is 9.84 Å². The molecule has 2 saturated carbocycles. The molecule has 4 rings (SSSR count). The molecule has 28 heavy (non-hydrogen) atoms. The highest BCUT2D eigenvalue weighted by molar-refractivity contribution is 9.10. The first kappa shape index (κ1) is 19.7. The van der Waals surface area contributed by atoms with Crippen molar-refractivity contribution >= 4 is 27.7 Å². The SMILES string of the molecule is C=CC[C@H](Cc1ccc(Br)cc1)/C(C)=N\N1C(=O)O[C@@H]2C[C@H]3CC[C@]21C3(C)C. The number of hydrogen-bond donors (Lipinski definition) is 0. The van der Waals surface area contributed by atoms with Gasteiger partial charge in [0.1, 0.15) is 11.6 Å². The molecule has 1 aliphatic heterocycles. The minimum Gasteiger partial charge on any atom is -0.442 e. The maximum absolute atomic E-state index is 12.7. The van der Waals surface area contributed by atoms with E-state index in [1.165, 1.54) is 5.56 Å². The van der Waals surface area contributed by atoms with E-state index in [-0.39, 0.29) is 29.1 Å². The van der Waals surface area contributed by atoms with Gasteiger partial charge in [0.15, 0.2) is 0 Å². The summed E-state index contributed by atoms with van der Waals surface area (Å²) in [6.45, 7) is 10.5. The van der Waals surface area contributed by atoms with Crippen LogP contribution in [0.2, 0.25) is 0 Å². The Morgan fingerprint density at radius 2 is 2.14 bits per heavy atom. The van der Waals surface area contributed by atoms with E-state index in [1.54, 1.807) is 5.01 Å². The van der Waals surface area contributed by atoms with Gasteiger partial charge < -0.3 is 4.74 Å². The molecular weight excluding hydrogens is 416 g/mol. The maximum Gasteiger partial charge on any atom is 0.431 e. The Morgan fingerprint density at radius 1 is 1.43 bits per heavy atom. The smallest absolute Gasteiger partial charge is 0.431 e. The normalized spacial score (nSPS) is 31.6. The molecule has 1 aromatic carbocycles. The van der Waals surface area contributed by atoms with Crippen LogP contribution in [0.25, 0.3) is 0 Å². The van der Waals surface area contributed by atoms with Gasteiger partial charge in [-0.1, -0.05) is 48.0 Å². The molecule has 4 nitrogen and oxygen atoms in total. The molecule has 2 bridgehead atoms. The molecule has 1 amide bonds. The van der Waals surface area contributed by atoms with E-state index < -0.39 is 0 Å². The Kier molecular flexibility index (Phi) is 4.93. The van der Waals surface area contributed by atoms with Crippen LogP contribution in [0.3, 0.4) is 0 Å². The Labute approximate surface area is 176 Å². The fourth-order valence-electron chi connectivity index (χ4n) is 5.75. The number of benzene rings is 1. The fourth-order valence-corrected chi connectivity index (χ4v) is 6.01.